The molecule has 0 atom stereocenters. The predicted molar refractivity (Wildman–Crippen MR) is 111 cm³/mol. The van der Waals surface area contributed by atoms with E-state index in [0.29, 0.717) is 6.54 Å². The van der Waals surface area contributed by atoms with Crippen molar-refractivity contribution in [2.45, 2.75) is 19.9 Å². The van der Waals surface area contributed by atoms with Crippen LogP contribution in [0.25, 0.3) is 10.8 Å². The van der Waals surface area contributed by atoms with Gasteiger partial charge in [0.25, 0.3) is 0 Å². The van der Waals surface area contributed by atoms with Gasteiger partial charge in [-0.25, -0.2) is 0 Å². The number of hydrogen-bond acceptors (Lipinski definition) is 3. The lowest BCUT2D eigenvalue weighted by Crippen LogP contribution is -2.38. The molecule has 1 aromatic heterocycles. The second-order valence-corrected chi connectivity index (χ2v) is 6.39. The summed E-state index contributed by atoms with van der Waals surface area (Å²) in [7, 11) is 3.48. The summed E-state index contributed by atoms with van der Waals surface area (Å²) in [5.41, 5.74) is 3.39. The molecule has 2 N–H and O–H groups in total. The first kappa shape index (κ1) is 18.7. The van der Waals surface area contributed by atoms with Crippen LogP contribution in [-0.4, -0.2) is 31.6 Å². The third-order valence-electron chi connectivity index (χ3n) is 4.58. The fourth-order valence-electron chi connectivity index (χ4n) is 3.06. The first-order valence-corrected chi connectivity index (χ1v) is 9.12. The highest BCUT2D eigenvalue weighted by Gasteiger charge is 2.04. The molecule has 0 amide bonds. The molecule has 0 radical (unpaired) electrons. The van der Waals surface area contributed by atoms with E-state index in [2.05, 4.69) is 50.9 Å². The van der Waals surface area contributed by atoms with E-state index in [1.165, 1.54) is 10.9 Å². The molecule has 0 unspecified atom stereocenters. The zero-order chi connectivity index (χ0) is 19.1. The zero-order valence-corrected chi connectivity index (χ0v) is 16.1. The zero-order valence-electron chi connectivity index (χ0n) is 16.1. The molecule has 0 aliphatic heterocycles. The largest absolute Gasteiger partial charge is 0.496 e. The van der Waals surface area contributed by atoms with Crippen molar-refractivity contribution < 1.29 is 4.74 Å². The van der Waals surface area contributed by atoms with Crippen molar-refractivity contribution in [1.82, 2.24) is 15.6 Å². The van der Waals surface area contributed by atoms with Gasteiger partial charge in [0.2, 0.25) is 0 Å². The number of ether oxygens (including phenoxy) is 1. The Morgan fingerprint density at radius 1 is 1.11 bits per heavy atom. The monoisotopic (exact) mass is 362 g/mol. The Bertz CT molecular complexity index is 931. The lowest BCUT2D eigenvalue weighted by Gasteiger charge is -2.13. The lowest BCUT2D eigenvalue weighted by molar-refractivity contribution is 0.411. The van der Waals surface area contributed by atoms with Crippen molar-refractivity contribution in [2.75, 3.05) is 20.7 Å². The van der Waals surface area contributed by atoms with Crippen LogP contribution in [-0.2, 0) is 13.0 Å². The first-order chi connectivity index (χ1) is 13.2. The Morgan fingerprint density at radius 3 is 2.78 bits per heavy atom. The first-order valence-electron chi connectivity index (χ1n) is 9.12. The maximum atomic E-state index is 5.39. The summed E-state index contributed by atoms with van der Waals surface area (Å²) in [5, 5.41) is 9.06. The summed E-state index contributed by atoms with van der Waals surface area (Å²) in [6, 6.07) is 16.6. The lowest BCUT2D eigenvalue weighted by atomic mass is 10.1. The van der Waals surface area contributed by atoms with Crippen LogP contribution in [0.4, 0.5) is 0 Å². The van der Waals surface area contributed by atoms with E-state index in [1.54, 1.807) is 14.2 Å². The summed E-state index contributed by atoms with van der Waals surface area (Å²) in [6.07, 6.45) is 2.74. The van der Waals surface area contributed by atoms with Crippen LogP contribution in [0.1, 0.15) is 16.8 Å². The average Bonchev–Trinajstić information content (AvgIpc) is 2.71. The Labute approximate surface area is 160 Å². The number of fused-ring (bicyclic) bond motifs is 1. The van der Waals surface area contributed by atoms with Crippen molar-refractivity contribution >= 4 is 16.7 Å². The molecule has 0 aliphatic rings. The van der Waals surface area contributed by atoms with Gasteiger partial charge in [0.15, 0.2) is 5.96 Å². The molecule has 5 nitrogen and oxygen atoms in total. The van der Waals surface area contributed by atoms with Crippen molar-refractivity contribution in [2.24, 2.45) is 4.99 Å². The quantitative estimate of drug-likeness (QED) is 0.521. The number of aromatic nitrogens is 1. The van der Waals surface area contributed by atoms with E-state index in [4.69, 9.17) is 4.74 Å². The molecule has 0 spiro atoms. The van der Waals surface area contributed by atoms with Gasteiger partial charge in [0.1, 0.15) is 5.75 Å². The maximum absolute atomic E-state index is 5.39. The maximum Gasteiger partial charge on any atom is 0.191 e. The van der Waals surface area contributed by atoms with E-state index in [0.717, 1.165) is 41.3 Å². The van der Waals surface area contributed by atoms with Crippen LogP contribution in [0, 0.1) is 6.92 Å². The fourth-order valence-corrected chi connectivity index (χ4v) is 3.06. The summed E-state index contributed by atoms with van der Waals surface area (Å²) in [5.74, 6) is 1.70. The minimum absolute atomic E-state index is 0.624. The summed E-state index contributed by atoms with van der Waals surface area (Å²) in [4.78, 5) is 8.81. The molecule has 0 saturated heterocycles. The number of nitrogens with one attached hydrogen (secondary N) is 2. The van der Waals surface area contributed by atoms with Crippen LogP contribution in [0.5, 0.6) is 5.75 Å². The van der Waals surface area contributed by atoms with Crippen molar-refractivity contribution in [3.05, 3.63) is 71.5 Å². The van der Waals surface area contributed by atoms with Gasteiger partial charge in [-0.3, -0.25) is 9.98 Å². The van der Waals surface area contributed by atoms with Crippen LogP contribution < -0.4 is 15.4 Å². The number of rotatable bonds is 6. The van der Waals surface area contributed by atoms with Gasteiger partial charge in [-0.15, -0.1) is 0 Å². The molecular formula is C22H26N4O. The normalized spacial score (nSPS) is 11.4. The van der Waals surface area contributed by atoms with E-state index >= 15 is 0 Å². The molecule has 5 heteroatoms. The van der Waals surface area contributed by atoms with Gasteiger partial charge in [0.05, 0.1) is 19.3 Å². The van der Waals surface area contributed by atoms with Crippen LogP contribution in [0.3, 0.4) is 0 Å². The second kappa shape index (κ2) is 9.03. The standard InChI is InChI=1S/C22H26N4O/c1-16-8-9-17(14-21(16)27-3)10-12-25-22(23-2)26-15-20-19-7-5-4-6-18(19)11-13-24-20/h4-9,11,13-14H,10,12,15H2,1-3H3,(H2,23,25,26). The SMILES string of the molecule is CN=C(NCCc1ccc(C)c(OC)c1)NCc1nccc2ccccc12. The second-order valence-electron chi connectivity index (χ2n) is 6.39. The third kappa shape index (κ3) is 4.76. The van der Waals surface area contributed by atoms with Gasteiger partial charge in [-0.1, -0.05) is 36.4 Å². The van der Waals surface area contributed by atoms with Crippen LogP contribution in [0.15, 0.2) is 59.7 Å². The molecule has 0 fully saturated rings. The summed E-state index contributed by atoms with van der Waals surface area (Å²) in [6.45, 7) is 3.46. The highest BCUT2D eigenvalue weighted by molar-refractivity contribution is 5.85. The Kier molecular flexibility index (Phi) is 6.26. The number of nitrogens with zero attached hydrogens (tertiary/aromatic N) is 2. The molecular weight excluding hydrogens is 336 g/mol. The molecule has 0 aliphatic carbocycles. The molecule has 0 saturated carbocycles. The Balaban J connectivity index is 1.55. The molecule has 140 valence electrons. The Hall–Kier alpha value is -3.08. The minimum atomic E-state index is 0.624. The van der Waals surface area contributed by atoms with Crippen LogP contribution in [0.2, 0.25) is 0 Å². The molecule has 27 heavy (non-hydrogen) atoms. The molecule has 0 bridgehead atoms. The number of aryl methyl sites for hydroxylation is 1. The van der Waals surface area contributed by atoms with E-state index < -0.39 is 0 Å². The average molecular weight is 362 g/mol. The van der Waals surface area contributed by atoms with Crippen LogP contribution >= 0.6 is 0 Å². The number of hydrogen-bond donors (Lipinski definition) is 2. The topological polar surface area (TPSA) is 58.5 Å². The Morgan fingerprint density at radius 2 is 1.96 bits per heavy atom. The van der Waals surface area contributed by atoms with Gasteiger partial charge in [0, 0.05) is 25.2 Å². The number of methoxy groups -OCH3 is 1. The summed E-state index contributed by atoms with van der Waals surface area (Å²) >= 11 is 0. The highest BCUT2D eigenvalue weighted by Crippen LogP contribution is 2.19. The van der Waals surface area contributed by atoms with Gasteiger partial charge < -0.3 is 15.4 Å². The third-order valence-corrected chi connectivity index (χ3v) is 4.58. The molecule has 1 heterocycles. The van der Waals surface area contributed by atoms with Gasteiger partial charge >= 0.3 is 0 Å². The highest BCUT2D eigenvalue weighted by atomic mass is 16.5. The van der Waals surface area contributed by atoms with Gasteiger partial charge in [-0.05, 0) is 42.0 Å². The number of pyridine rings is 1. The minimum Gasteiger partial charge on any atom is -0.496 e. The summed E-state index contributed by atoms with van der Waals surface area (Å²) < 4.78 is 5.39. The van der Waals surface area contributed by atoms with E-state index in [-0.39, 0.29) is 0 Å². The molecule has 2 aromatic carbocycles. The van der Waals surface area contributed by atoms with E-state index in [1.807, 2.05) is 31.3 Å². The predicted octanol–water partition coefficient (Wildman–Crippen LogP) is 3.46. The fraction of sp³-hybridized carbons (Fsp3) is 0.273. The smallest absolute Gasteiger partial charge is 0.191 e. The van der Waals surface area contributed by atoms with Crippen molar-refractivity contribution in [3.63, 3.8) is 0 Å². The molecule has 3 aromatic rings. The number of aliphatic imine (C=N–C) groups is 1. The van der Waals surface area contributed by atoms with E-state index in [9.17, 15) is 0 Å². The van der Waals surface area contributed by atoms with Crippen molar-refractivity contribution in [1.29, 1.82) is 0 Å². The number of benzene rings is 2. The molecule has 3 rings (SSSR count). The number of guanidine groups is 1. The van der Waals surface area contributed by atoms with Gasteiger partial charge in [-0.2, -0.15) is 0 Å². The van der Waals surface area contributed by atoms with Crippen molar-refractivity contribution in [3.8, 4) is 5.75 Å².